The highest BCUT2D eigenvalue weighted by molar-refractivity contribution is 5.35. The van der Waals surface area contributed by atoms with Crippen LogP contribution in [0.3, 0.4) is 0 Å². The third-order valence-electron chi connectivity index (χ3n) is 1.93. The second kappa shape index (κ2) is 4.09. The van der Waals surface area contributed by atoms with Crippen molar-refractivity contribution in [3.63, 3.8) is 0 Å². The lowest BCUT2D eigenvalue weighted by atomic mass is 10.5. The molecule has 2 aromatic rings. The molecule has 0 bridgehead atoms. The minimum absolute atomic E-state index is 0.301. The van der Waals surface area contributed by atoms with Gasteiger partial charge in [0.05, 0.1) is 20.4 Å². The first kappa shape index (κ1) is 10.3. The summed E-state index contributed by atoms with van der Waals surface area (Å²) in [5, 5.41) is 11.1. The number of aryl methyl sites for hydroxylation is 1. The number of methoxy groups -OCH3 is 2. The summed E-state index contributed by atoms with van der Waals surface area (Å²) < 4.78 is 11.5. The van der Waals surface area contributed by atoms with Gasteiger partial charge in [-0.2, -0.15) is 9.67 Å². The molecule has 84 valence electrons. The number of ether oxygens (including phenoxy) is 2. The summed E-state index contributed by atoms with van der Waals surface area (Å²) in [6.45, 7) is 1.76. The standard InChI is InChI=1S/C8H10N6O2/c1-5-11-12-13-14(5)7-8(16-3)10-6(15-2)4-9-7/h4H,1-3H3. The van der Waals surface area contributed by atoms with Crippen LogP contribution in [0, 0.1) is 6.92 Å². The van der Waals surface area contributed by atoms with Crippen LogP contribution in [0.2, 0.25) is 0 Å². The van der Waals surface area contributed by atoms with Crippen molar-refractivity contribution < 1.29 is 9.47 Å². The maximum Gasteiger partial charge on any atom is 0.263 e. The lowest BCUT2D eigenvalue weighted by Gasteiger charge is -2.07. The van der Waals surface area contributed by atoms with Gasteiger partial charge in [-0.1, -0.05) is 0 Å². The molecule has 16 heavy (non-hydrogen) atoms. The van der Waals surface area contributed by atoms with Crippen molar-refractivity contribution in [1.29, 1.82) is 0 Å². The Morgan fingerprint density at radius 1 is 1.25 bits per heavy atom. The van der Waals surface area contributed by atoms with E-state index in [9.17, 15) is 0 Å². The van der Waals surface area contributed by atoms with Gasteiger partial charge in [-0.05, 0) is 17.4 Å². The van der Waals surface area contributed by atoms with Crippen LogP contribution in [-0.4, -0.2) is 44.4 Å². The van der Waals surface area contributed by atoms with Crippen LogP contribution in [0.5, 0.6) is 11.8 Å². The number of hydrogen-bond acceptors (Lipinski definition) is 7. The van der Waals surface area contributed by atoms with Gasteiger partial charge in [0.2, 0.25) is 11.7 Å². The van der Waals surface area contributed by atoms with Crippen molar-refractivity contribution in [1.82, 2.24) is 30.2 Å². The first-order chi connectivity index (χ1) is 7.76. The van der Waals surface area contributed by atoms with Gasteiger partial charge in [0.1, 0.15) is 0 Å². The normalized spacial score (nSPS) is 10.2. The fourth-order valence-corrected chi connectivity index (χ4v) is 1.16. The first-order valence-electron chi connectivity index (χ1n) is 4.46. The zero-order valence-corrected chi connectivity index (χ0v) is 9.08. The lowest BCUT2D eigenvalue weighted by Crippen LogP contribution is -2.07. The van der Waals surface area contributed by atoms with Gasteiger partial charge in [0.25, 0.3) is 5.88 Å². The quantitative estimate of drug-likeness (QED) is 0.709. The Hall–Kier alpha value is -2.25. The molecule has 0 fully saturated rings. The van der Waals surface area contributed by atoms with Crippen LogP contribution >= 0.6 is 0 Å². The average Bonchev–Trinajstić information content (AvgIpc) is 2.74. The van der Waals surface area contributed by atoms with E-state index in [2.05, 4.69) is 25.5 Å². The predicted octanol–water partition coefficient (Wildman–Crippen LogP) is -0.222. The minimum Gasteiger partial charge on any atom is -0.480 e. The average molecular weight is 222 g/mol. The molecule has 0 radical (unpaired) electrons. The Bertz CT molecular complexity index is 497. The molecule has 0 N–H and O–H groups in total. The van der Waals surface area contributed by atoms with Crippen LogP contribution in [-0.2, 0) is 0 Å². The molecule has 2 aromatic heterocycles. The van der Waals surface area contributed by atoms with E-state index in [0.717, 1.165) is 0 Å². The van der Waals surface area contributed by atoms with E-state index in [1.807, 2.05) is 0 Å². The van der Waals surface area contributed by atoms with Gasteiger partial charge in [-0.3, -0.25) is 0 Å². The largest absolute Gasteiger partial charge is 0.480 e. The van der Waals surface area contributed by atoms with Crippen LogP contribution in [0.25, 0.3) is 5.82 Å². The molecule has 0 amide bonds. The van der Waals surface area contributed by atoms with E-state index in [1.54, 1.807) is 6.92 Å². The van der Waals surface area contributed by atoms with E-state index >= 15 is 0 Å². The van der Waals surface area contributed by atoms with Crippen LogP contribution in [0.4, 0.5) is 0 Å². The molecule has 2 rings (SSSR count). The van der Waals surface area contributed by atoms with Crippen molar-refractivity contribution in [2.24, 2.45) is 0 Å². The number of rotatable bonds is 3. The Balaban J connectivity index is 2.53. The van der Waals surface area contributed by atoms with Gasteiger partial charge in [-0.25, -0.2) is 4.98 Å². The van der Waals surface area contributed by atoms with Crippen LogP contribution in [0.1, 0.15) is 5.82 Å². The molecule has 0 aliphatic heterocycles. The predicted molar refractivity (Wildman–Crippen MR) is 52.6 cm³/mol. The van der Waals surface area contributed by atoms with E-state index in [4.69, 9.17) is 9.47 Å². The summed E-state index contributed by atoms with van der Waals surface area (Å²) in [6.07, 6.45) is 1.47. The first-order valence-corrected chi connectivity index (χ1v) is 4.46. The molecule has 8 nitrogen and oxygen atoms in total. The highest BCUT2D eigenvalue weighted by atomic mass is 16.5. The van der Waals surface area contributed by atoms with Gasteiger partial charge in [0, 0.05) is 0 Å². The zero-order chi connectivity index (χ0) is 11.5. The van der Waals surface area contributed by atoms with Crippen molar-refractivity contribution in [2.45, 2.75) is 6.92 Å². The maximum atomic E-state index is 5.10. The summed E-state index contributed by atoms with van der Waals surface area (Å²) >= 11 is 0. The minimum atomic E-state index is 0.301. The van der Waals surface area contributed by atoms with Gasteiger partial charge in [0.15, 0.2) is 5.82 Å². The lowest BCUT2D eigenvalue weighted by molar-refractivity contribution is 0.358. The third kappa shape index (κ3) is 1.64. The monoisotopic (exact) mass is 222 g/mol. The van der Waals surface area contributed by atoms with E-state index in [0.29, 0.717) is 23.4 Å². The summed E-state index contributed by atoms with van der Waals surface area (Å²) in [6, 6.07) is 0. The SMILES string of the molecule is COc1cnc(-n2nnnc2C)c(OC)n1. The summed E-state index contributed by atoms with van der Waals surface area (Å²) in [5.41, 5.74) is 0. The third-order valence-corrected chi connectivity index (χ3v) is 1.93. The number of hydrogen-bond donors (Lipinski definition) is 0. The van der Waals surface area contributed by atoms with Crippen molar-refractivity contribution in [3.05, 3.63) is 12.0 Å². The summed E-state index contributed by atoms with van der Waals surface area (Å²) in [5.74, 6) is 1.68. The Morgan fingerprint density at radius 3 is 2.62 bits per heavy atom. The molecule has 0 aliphatic carbocycles. The molecule has 0 atom stereocenters. The van der Waals surface area contributed by atoms with E-state index in [-0.39, 0.29) is 0 Å². The van der Waals surface area contributed by atoms with Crippen LogP contribution < -0.4 is 9.47 Å². The van der Waals surface area contributed by atoms with Crippen molar-refractivity contribution >= 4 is 0 Å². The number of nitrogens with zero attached hydrogens (tertiary/aromatic N) is 6. The molecule has 2 heterocycles. The zero-order valence-electron chi connectivity index (χ0n) is 9.08. The Kier molecular flexibility index (Phi) is 2.63. The molecule has 0 saturated heterocycles. The molecular weight excluding hydrogens is 212 g/mol. The maximum absolute atomic E-state index is 5.10. The molecule has 0 saturated carbocycles. The van der Waals surface area contributed by atoms with E-state index < -0.39 is 0 Å². The number of tetrazole rings is 1. The van der Waals surface area contributed by atoms with Gasteiger partial charge < -0.3 is 9.47 Å². The second-order valence-corrected chi connectivity index (χ2v) is 2.88. The highest BCUT2D eigenvalue weighted by Crippen LogP contribution is 2.20. The van der Waals surface area contributed by atoms with Gasteiger partial charge in [-0.15, -0.1) is 5.10 Å². The molecule has 0 spiro atoms. The van der Waals surface area contributed by atoms with Gasteiger partial charge >= 0.3 is 0 Å². The van der Waals surface area contributed by atoms with E-state index in [1.165, 1.54) is 25.1 Å². The second-order valence-electron chi connectivity index (χ2n) is 2.88. The highest BCUT2D eigenvalue weighted by Gasteiger charge is 2.14. The fraction of sp³-hybridized carbons (Fsp3) is 0.375. The fourth-order valence-electron chi connectivity index (χ4n) is 1.16. The smallest absolute Gasteiger partial charge is 0.263 e. The molecular formula is C8H10N6O2. The topological polar surface area (TPSA) is 87.8 Å². The summed E-state index contributed by atoms with van der Waals surface area (Å²) in [4.78, 5) is 8.22. The Morgan fingerprint density at radius 2 is 2.06 bits per heavy atom. The van der Waals surface area contributed by atoms with Crippen LogP contribution in [0.15, 0.2) is 6.20 Å². The Labute approximate surface area is 91.2 Å². The van der Waals surface area contributed by atoms with Crippen molar-refractivity contribution in [2.75, 3.05) is 14.2 Å². The number of aromatic nitrogens is 6. The summed E-state index contributed by atoms with van der Waals surface area (Å²) in [7, 11) is 3.00. The molecule has 0 unspecified atom stereocenters. The molecule has 8 heteroatoms. The van der Waals surface area contributed by atoms with Crippen molar-refractivity contribution in [3.8, 4) is 17.6 Å². The molecule has 0 aromatic carbocycles. The molecule has 0 aliphatic rings.